The zero-order chi connectivity index (χ0) is 20.2. The minimum absolute atomic E-state index is 0.0653. The summed E-state index contributed by atoms with van der Waals surface area (Å²) in [5.74, 6) is -3.53. The number of aromatic nitrogens is 2. The molecule has 1 aliphatic heterocycles. The van der Waals surface area contributed by atoms with Gasteiger partial charge < -0.3 is 0 Å². The van der Waals surface area contributed by atoms with Gasteiger partial charge in [-0.15, -0.1) is 0 Å². The van der Waals surface area contributed by atoms with Gasteiger partial charge in [-0.25, -0.2) is 18.7 Å². The topological polar surface area (TPSA) is 92.3 Å². The molecule has 1 aromatic heterocycles. The number of hydrogen-bond donors (Lipinski definition) is 1. The molecule has 144 valence electrons. The predicted octanol–water partition coefficient (Wildman–Crippen LogP) is 2.56. The summed E-state index contributed by atoms with van der Waals surface area (Å²) in [6.07, 6.45) is 2.54. The van der Waals surface area contributed by atoms with E-state index in [1.165, 1.54) is 19.1 Å². The van der Waals surface area contributed by atoms with Gasteiger partial charge in [0.1, 0.15) is 11.9 Å². The van der Waals surface area contributed by atoms with Crippen LogP contribution in [0, 0.1) is 11.6 Å². The van der Waals surface area contributed by atoms with E-state index in [2.05, 4.69) is 31.2 Å². The number of carbonyl (C=O) groups is 3. The number of nitrogens with zero attached hydrogens (tertiary/aromatic N) is 3. The van der Waals surface area contributed by atoms with Crippen molar-refractivity contribution >= 4 is 39.6 Å². The Morgan fingerprint density at radius 1 is 1.25 bits per heavy atom. The first kappa shape index (κ1) is 18.6. The highest BCUT2D eigenvalue weighted by Crippen LogP contribution is 2.55. The van der Waals surface area contributed by atoms with E-state index in [1.54, 1.807) is 0 Å². The Morgan fingerprint density at radius 2 is 1.89 bits per heavy atom. The second-order valence-electron chi connectivity index (χ2n) is 6.74. The molecule has 2 aliphatic rings. The first-order valence-electron chi connectivity index (χ1n) is 8.41. The average molecular weight is 451 g/mol. The Morgan fingerprint density at radius 3 is 2.50 bits per heavy atom. The molecule has 0 saturated heterocycles. The molecule has 1 aliphatic carbocycles. The van der Waals surface area contributed by atoms with Crippen LogP contribution in [0.25, 0.3) is 0 Å². The van der Waals surface area contributed by atoms with Gasteiger partial charge in [0, 0.05) is 11.1 Å². The van der Waals surface area contributed by atoms with Gasteiger partial charge in [0.15, 0.2) is 5.82 Å². The third kappa shape index (κ3) is 2.70. The van der Waals surface area contributed by atoms with Crippen molar-refractivity contribution in [1.29, 1.82) is 0 Å². The number of benzene rings is 1. The zero-order valence-corrected chi connectivity index (χ0v) is 16.1. The van der Waals surface area contributed by atoms with Crippen molar-refractivity contribution in [2.45, 2.75) is 31.2 Å². The third-order valence-electron chi connectivity index (χ3n) is 5.02. The van der Waals surface area contributed by atoms with Crippen LogP contribution in [0.4, 0.5) is 14.7 Å². The largest absolute Gasteiger partial charge is 0.293 e. The highest BCUT2D eigenvalue weighted by molar-refractivity contribution is 9.10. The van der Waals surface area contributed by atoms with Gasteiger partial charge in [0.05, 0.1) is 22.3 Å². The van der Waals surface area contributed by atoms with E-state index >= 15 is 0 Å². The smallest absolute Gasteiger partial charge is 0.261 e. The van der Waals surface area contributed by atoms with E-state index in [0.717, 1.165) is 17.3 Å². The van der Waals surface area contributed by atoms with Crippen LogP contribution in [0.5, 0.6) is 0 Å². The van der Waals surface area contributed by atoms with Crippen LogP contribution < -0.4 is 5.32 Å². The molecule has 0 radical (unpaired) electrons. The fraction of sp³-hybridized carbons (Fsp3) is 0.278. The van der Waals surface area contributed by atoms with Crippen molar-refractivity contribution in [3.8, 4) is 0 Å². The number of imide groups is 1. The molecule has 1 saturated carbocycles. The molecule has 3 amide bonds. The molecule has 1 aromatic carbocycles. The lowest BCUT2D eigenvalue weighted by Gasteiger charge is -2.36. The summed E-state index contributed by atoms with van der Waals surface area (Å²) in [6.45, 7) is 1.38. The number of anilines is 1. The number of amides is 3. The summed E-state index contributed by atoms with van der Waals surface area (Å²) in [7, 11) is 0. The molecule has 1 atom stereocenters. The second kappa shape index (κ2) is 6.40. The van der Waals surface area contributed by atoms with Crippen LogP contribution in [0.3, 0.4) is 0 Å². The van der Waals surface area contributed by atoms with Crippen molar-refractivity contribution in [1.82, 2.24) is 14.9 Å². The van der Waals surface area contributed by atoms with Crippen molar-refractivity contribution in [3.05, 3.63) is 51.8 Å². The van der Waals surface area contributed by atoms with E-state index < -0.39 is 40.8 Å². The van der Waals surface area contributed by atoms with Gasteiger partial charge in [0.25, 0.3) is 5.91 Å². The quantitative estimate of drug-likeness (QED) is 0.725. The molecular weight excluding hydrogens is 438 g/mol. The molecule has 1 N–H and O–H groups in total. The fourth-order valence-electron chi connectivity index (χ4n) is 3.41. The Kier molecular flexibility index (Phi) is 4.25. The number of rotatable bonds is 3. The van der Waals surface area contributed by atoms with E-state index in [-0.39, 0.29) is 21.5 Å². The first-order chi connectivity index (χ1) is 13.3. The van der Waals surface area contributed by atoms with E-state index in [1.807, 2.05) is 0 Å². The molecule has 4 rings (SSSR count). The predicted molar refractivity (Wildman–Crippen MR) is 96.3 cm³/mol. The fourth-order valence-corrected chi connectivity index (χ4v) is 3.74. The number of halogens is 3. The van der Waals surface area contributed by atoms with Crippen molar-refractivity contribution < 1.29 is 23.2 Å². The lowest BCUT2D eigenvalue weighted by molar-refractivity contribution is -0.137. The van der Waals surface area contributed by atoms with E-state index in [9.17, 15) is 23.2 Å². The average Bonchev–Trinajstić information content (AvgIpc) is 3.46. The van der Waals surface area contributed by atoms with Crippen LogP contribution in [0.1, 0.15) is 35.7 Å². The summed E-state index contributed by atoms with van der Waals surface area (Å²) in [5, 5.41) is 2.34. The highest BCUT2D eigenvalue weighted by atomic mass is 79.9. The maximum absolute atomic E-state index is 14.7. The van der Waals surface area contributed by atoms with Crippen molar-refractivity contribution in [3.63, 3.8) is 0 Å². The standard InChI is InChI=1S/C18H13BrF2N4O3/c1-8(14(26)24-17-22-6-9(20)7-23-17)25-15(27)10-2-3-11(19)13(21)12(10)18(4-5-18)16(25)28/h2-3,6-8H,4-5H2,1H3,(H,22,23,24,26)/t8-/m0/s1. The molecule has 0 bridgehead atoms. The highest BCUT2D eigenvalue weighted by Gasteiger charge is 2.61. The first-order valence-corrected chi connectivity index (χ1v) is 9.20. The van der Waals surface area contributed by atoms with E-state index in [0.29, 0.717) is 12.8 Å². The molecule has 7 nitrogen and oxygen atoms in total. The molecule has 2 aromatic rings. The van der Waals surface area contributed by atoms with Crippen LogP contribution in [0.2, 0.25) is 0 Å². The summed E-state index contributed by atoms with van der Waals surface area (Å²) in [6, 6.07) is 1.65. The molecule has 10 heteroatoms. The monoisotopic (exact) mass is 450 g/mol. The molecule has 1 fully saturated rings. The maximum atomic E-state index is 14.7. The lowest BCUT2D eigenvalue weighted by Crippen LogP contribution is -2.56. The third-order valence-corrected chi connectivity index (χ3v) is 5.64. The summed E-state index contributed by atoms with van der Waals surface area (Å²) in [4.78, 5) is 46.6. The number of nitrogens with one attached hydrogen (secondary N) is 1. The van der Waals surface area contributed by atoms with Crippen LogP contribution >= 0.6 is 15.9 Å². The Balaban J connectivity index is 1.67. The lowest BCUT2D eigenvalue weighted by atomic mass is 9.84. The molecule has 28 heavy (non-hydrogen) atoms. The number of hydrogen-bond acceptors (Lipinski definition) is 5. The van der Waals surface area contributed by atoms with Crippen LogP contribution in [-0.2, 0) is 15.0 Å². The number of carbonyl (C=O) groups excluding carboxylic acids is 3. The van der Waals surface area contributed by atoms with Gasteiger partial charge in [0.2, 0.25) is 17.8 Å². The van der Waals surface area contributed by atoms with Crippen molar-refractivity contribution in [2.24, 2.45) is 0 Å². The molecule has 1 spiro atoms. The Labute approximate surface area is 166 Å². The van der Waals surface area contributed by atoms with Crippen molar-refractivity contribution in [2.75, 3.05) is 5.32 Å². The zero-order valence-electron chi connectivity index (χ0n) is 14.5. The Hall–Kier alpha value is -2.75. The van der Waals surface area contributed by atoms with E-state index in [4.69, 9.17) is 0 Å². The minimum Gasteiger partial charge on any atom is -0.293 e. The van der Waals surface area contributed by atoms with Crippen LogP contribution in [0.15, 0.2) is 29.0 Å². The van der Waals surface area contributed by atoms with Crippen LogP contribution in [-0.4, -0.2) is 38.6 Å². The molecule has 2 heterocycles. The minimum atomic E-state index is -1.19. The second-order valence-corrected chi connectivity index (χ2v) is 7.59. The molecular formula is C18H13BrF2N4O3. The van der Waals surface area contributed by atoms with Gasteiger partial charge in [-0.2, -0.15) is 0 Å². The molecule has 0 unspecified atom stereocenters. The van der Waals surface area contributed by atoms with Gasteiger partial charge >= 0.3 is 0 Å². The normalized spacial score (nSPS) is 18.1. The summed E-state index contributed by atoms with van der Waals surface area (Å²) in [5.41, 5.74) is -0.976. The summed E-state index contributed by atoms with van der Waals surface area (Å²) >= 11 is 3.09. The summed E-state index contributed by atoms with van der Waals surface area (Å²) < 4.78 is 27.7. The van der Waals surface area contributed by atoms with Gasteiger partial charge in [-0.3, -0.25) is 24.6 Å². The Bertz CT molecular complexity index is 1020. The number of fused-ring (bicyclic) bond motifs is 2. The van der Waals surface area contributed by atoms with Gasteiger partial charge in [-0.1, -0.05) is 0 Å². The SMILES string of the molecule is C[C@@H](C(=O)Nc1ncc(F)cn1)N1C(=O)c2ccc(Br)c(F)c2C2(CC2)C1=O. The van der Waals surface area contributed by atoms with Gasteiger partial charge in [-0.05, 0) is 47.8 Å². The maximum Gasteiger partial charge on any atom is 0.261 e.